The number of Topliss-reactive ketones (excluding diaryl/α,β-unsaturated/α-hetero) is 1. The number of carbonyl (C=O) groups excluding carboxylic acids is 3. The van der Waals surface area contributed by atoms with Gasteiger partial charge in [0.15, 0.2) is 5.78 Å². The van der Waals surface area contributed by atoms with E-state index in [2.05, 4.69) is 9.88 Å². The Morgan fingerprint density at radius 3 is 2.24 bits per heavy atom. The Bertz CT molecular complexity index is 912. The number of aromatic nitrogens is 1. The molecule has 2 aromatic rings. The average Bonchev–Trinajstić information content (AvgIpc) is 3.06. The predicted octanol–water partition coefficient (Wildman–Crippen LogP) is 2.45. The third-order valence-corrected chi connectivity index (χ3v) is 5.62. The molecule has 1 aromatic carbocycles. The number of aromatic amines is 1. The average molecular weight is 397 g/mol. The molecule has 7 nitrogen and oxygen atoms in total. The largest absolute Gasteiger partial charge is 0.465 e. The number of methoxy groups -OCH3 is 1. The molecule has 29 heavy (non-hydrogen) atoms. The number of nitrogens with zero attached hydrogens (tertiary/aromatic N) is 2. The fourth-order valence-corrected chi connectivity index (χ4v) is 3.85. The first-order chi connectivity index (χ1) is 13.8. The Labute approximate surface area is 170 Å². The highest BCUT2D eigenvalue weighted by atomic mass is 16.5. The number of aryl methyl sites for hydroxylation is 1. The summed E-state index contributed by atoms with van der Waals surface area (Å²) in [5.41, 5.74) is 2.78. The van der Waals surface area contributed by atoms with Crippen molar-refractivity contribution in [2.45, 2.75) is 26.8 Å². The van der Waals surface area contributed by atoms with Crippen LogP contribution in [0.5, 0.6) is 0 Å². The Hall–Kier alpha value is -2.93. The number of amides is 1. The Kier molecular flexibility index (Phi) is 6.17. The minimum Gasteiger partial charge on any atom is -0.465 e. The minimum atomic E-state index is -0.448. The first-order valence-electron chi connectivity index (χ1n) is 9.75. The lowest BCUT2D eigenvalue weighted by molar-refractivity contribution is 0.0549. The van der Waals surface area contributed by atoms with E-state index in [4.69, 9.17) is 4.74 Å². The molecule has 0 bridgehead atoms. The summed E-state index contributed by atoms with van der Waals surface area (Å²) in [4.78, 5) is 44.6. The Morgan fingerprint density at radius 2 is 1.66 bits per heavy atom. The topological polar surface area (TPSA) is 82.7 Å². The van der Waals surface area contributed by atoms with Crippen LogP contribution in [0, 0.1) is 13.8 Å². The molecule has 1 amide bonds. The quantitative estimate of drug-likeness (QED) is 0.619. The predicted molar refractivity (Wildman–Crippen MR) is 109 cm³/mol. The molecule has 154 valence electrons. The summed E-state index contributed by atoms with van der Waals surface area (Å²) in [5.74, 6) is -0.498. The van der Waals surface area contributed by atoms with Gasteiger partial charge in [-0.2, -0.15) is 0 Å². The van der Waals surface area contributed by atoms with Crippen LogP contribution in [0.1, 0.15) is 49.4 Å². The molecule has 1 N–H and O–H groups in total. The number of rotatable bonds is 5. The number of piperazine rings is 1. The van der Waals surface area contributed by atoms with Crippen LogP contribution in [0.3, 0.4) is 0 Å². The van der Waals surface area contributed by atoms with Crippen molar-refractivity contribution in [2.75, 3.05) is 33.3 Å². The summed E-state index contributed by atoms with van der Waals surface area (Å²) in [6, 6.07) is 8.87. The van der Waals surface area contributed by atoms with Crippen LogP contribution in [-0.4, -0.2) is 71.8 Å². The first-order valence-corrected chi connectivity index (χ1v) is 9.75. The van der Waals surface area contributed by atoms with Crippen molar-refractivity contribution in [3.63, 3.8) is 0 Å². The van der Waals surface area contributed by atoms with Gasteiger partial charge in [0.05, 0.1) is 24.4 Å². The summed E-state index contributed by atoms with van der Waals surface area (Å²) in [6.45, 7) is 7.76. The molecule has 1 fully saturated rings. The fourth-order valence-electron chi connectivity index (χ4n) is 3.85. The van der Waals surface area contributed by atoms with Crippen LogP contribution in [0.15, 0.2) is 30.3 Å². The number of H-pyrrole nitrogens is 1. The van der Waals surface area contributed by atoms with E-state index in [1.807, 2.05) is 42.2 Å². The van der Waals surface area contributed by atoms with Gasteiger partial charge >= 0.3 is 5.97 Å². The van der Waals surface area contributed by atoms with Gasteiger partial charge in [0.1, 0.15) is 0 Å². The fraction of sp³-hybridized carbons (Fsp3) is 0.409. The third-order valence-electron chi connectivity index (χ3n) is 5.62. The molecule has 2 heterocycles. The smallest absolute Gasteiger partial charge is 0.339 e. The van der Waals surface area contributed by atoms with Crippen molar-refractivity contribution in [1.82, 2.24) is 14.8 Å². The van der Waals surface area contributed by atoms with Gasteiger partial charge in [-0.25, -0.2) is 4.79 Å². The van der Waals surface area contributed by atoms with Gasteiger partial charge in [-0.15, -0.1) is 0 Å². The van der Waals surface area contributed by atoms with E-state index < -0.39 is 5.97 Å². The van der Waals surface area contributed by atoms with E-state index in [0.29, 0.717) is 54.3 Å². The lowest BCUT2D eigenvalue weighted by atomic mass is 10.0. The highest BCUT2D eigenvalue weighted by Crippen LogP contribution is 2.22. The molecule has 0 spiro atoms. The maximum absolute atomic E-state index is 13.1. The van der Waals surface area contributed by atoms with Crippen molar-refractivity contribution in [1.29, 1.82) is 0 Å². The van der Waals surface area contributed by atoms with Crippen LogP contribution in [0.25, 0.3) is 0 Å². The Balaban J connectivity index is 1.67. The molecule has 0 unspecified atom stereocenters. The van der Waals surface area contributed by atoms with Gasteiger partial charge in [-0.3, -0.25) is 14.5 Å². The van der Waals surface area contributed by atoms with Gasteiger partial charge in [-0.1, -0.05) is 18.2 Å². The molecular formula is C22H27N3O4. The maximum atomic E-state index is 13.1. The lowest BCUT2D eigenvalue weighted by Gasteiger charge is -2.37. The molecule has 0 aliphatic carbocycles. The number of ketones is 1. The monoisotopic (exact) mass is 397 g/mol. The minimum absolute atomic E-state index is 0.0165. The zero-order valence-corrected chi connectivity index (χ0v) is 17.3. The molecule has 0 saturated carbocycles. The highest BCUT2D eigenvalue weighted by molar-refractivity contribution is 6.03. The second-order valence-corrected chi connectivity index (χ2v) is 7.35. The lowest BCUT2D eigenvalue weighted by Crippen LogP contribution is -2.53. The maximum Gasteiger partial charge on any atom is 0.339 e. The van der Waals surface area contributed by atoms with Gasteiger partial charge in [-0.05, 0) is 38.5 Å². The SMILES string of the molecule is COC(=O)c1c(C)[nH]c(C(=O)[C@H](C)N2CCN(C(=O)c3ccccc3)CC2)c1C. The summed E-state index contributed by atoms with van der Waals surface area (Å²) in [5, 5.41) is 0. The van der Waals surface area contributed by atoms with Crippen LogP contribution in [0.4, 0.5) is 0 Å². The van der Waals surface area contributed by atoms with Crippen molar-refractivity contribution >= 4 is 17.7 Å². The zero-order chi connectivity index (χ0) is 21.1. The zero-order valence-electron chi connectivity index (χ0n) is 17.3. The third kappa shape index (κ3) is 4.10. The number of nitrogens with one attached hydrogen (secondary N) is 1. The molecule has 7 heteroatoms. The highest BCUT2D eigenvalue weighted by Gasteiger charge is 2.31. The molecule has 1 saturated heterocycles. The summed E-state index contributed by atoms with van der Waals surface area (Å²) < 4.78 is 4.82. The van der Waals surface area contributed by atoms with E-state index in [1.54, 1.807) is 13.8 Å². The number of hydrogen-bond acceptors (Lipinski definition) is 5. The van der Waals surface area contributed by atoms with Crippen LogP contribution >= 0.6 is 0 Å². The van der Waals surface area contributed by atoms with Crippen LogP contribution in [-0.2, 0) is 4.74 Å². The summed E-state index contributed by atoms with van der Waals surface area (Å²) >= 11 is 0. The van der Waals surface area contributed by atoms with Gasteiger partial charge < -0.3 is 14.6 Å². The van der Waals surface area contributed by atoms with Crippen LogP contribution < -0.4 is 0 Å². The standard InChI is InChI=1S/C22H27N3O4/c1-14-18(22(28)29-4)15(2)23-19(14)20(26)16(3)24-10-12-25(13-11-24)21(27)17-8-6-5-7-9-17/h5-9,16,23H,10-13H2,1-4H3/t16-/m0/s1. The van der Waals surface area contributed by atoms with Crippen molar-refractivity contribution in [3.8, 4) is 0 Å². The molecule has 3 rings (SSSR count). The van der Waals surface area contributed by atoms with E-state index in [-0.39, 0.29) is 17.7 Å². The Morgan fingerprint density at radius 1 is 1.03 bits per heavy atom. The van der Waals surface area contributed by atoms with Gasteiger partial charge in [0, 0.05) is 37.4 Å². The second kappa shape index (κ2) is 8.61. The van der Waals surface area contributed by atoms with Gasteiger partial charge in [0.25, 0.3) is 5.91 Å². The van der Waals surface area contributed by atoms with E-state index >= 15 is 0 Å². The number of esters is 1. The number of benzene rings is 1. The molecule has 0 radical (unpaired) electrons. The van der Waals surface area contributed by atoms with E-state index in [9.17, 15) is 14.4 Å². The summed E-state index contributed by atoms with van der Waals surface area (Å²) in [7, 11) is 1.33. The van der Waals surface area contributed by atoms with Crippen molar-refractivity contribution in [2.24, 2.45) is 0 Å². The van der Waals surface area contributed by atoms with Crippen molar-refractivity contribution in [3.05, 3.63) is 58.4 Å². The van der Waals surface area contributed by atoms with Crippen LogP contribution in [0.2, 0.25) is 0 Å². The first kappa shape index (κ1) is 20.8. The van der Waals surface area contributed by atoms with Gasteiger partial charge in [0.2, 0.25) is 0 Å². The van der Waals surface area contributed by atoms with E-state index in [1.165, 1.54) is 7.11 Å². The van der Waals surface area contributed by atoms with Crippen molar-refractivity contribution < 1.29 is 19.1 Å². The normalized spacial score (nSPS) is 15.8. The molecule has 1 aromatic heterocycles. The number of carbonyl (C=O) groups is 3. The molecule has 1 aliphatic rings. The summed E-state index contributed by atoms with van der Waals surface area (Å²) in [6.07, 6.45) is 0. The van der Waals surface area contributed by atoms with E-state index in [0.717, 1.165) is 0 Å². The molecule has 1 aliphatic heterocycles. The molecule has 1 atom stereocenters. The number of ether oxygens (including phenoxy) is 1. The molecular weight excluding hydrogens is 370 g/mol. The number of hydrogen-bond donors (Lipinski definition) is 1. The second-order valence-electron chi connectivity index (χ2n) is 7.35.